The number of ether oxygens (including phenoxy) is 3. The maximum Gasteiger partial charge on any atom is 0.244 e. The van der Waals surface area contributed by atoms with Crippen molar-refractivity contribution in [1.29, 1.82) is 0 Å². The number of carbonyl (C=O) groups excluding carboxylic acids is 1. The second kappa shape index (κ2) is 7.74. The van der Waals surface area contributed by atoms with Crippen LogP contribution in [-0.4, -0.2) is 25.7 Å². The van der Waals surface area contributed by atoms with E-state index < -0.39 is 0 Å². The number of carbonyl (C=O) groups is 1. The number of rotatable bonds is 5. The van der Waals surface area contributed by atoms with Crippen LogP contribution in [0.3, 0.4) is 0 Å². The average molecular weight is 367 g/mol. The summed E-state index contributed by atoms with van der Waals surface area (Å²) in [5, 5.41) is 3.09. The molecule has 1 atom stereocenters. The third kappa shape index (κ3) is 4.42. The largest absolute Gasteiger partial charge is 0.497 e. The first kappa shape index (κ1) is 18.8. The summed E-state index contributed by atoms with van der Waals surface area (Å²) in [6.07, 6.45) is 3.97. The number of para-hydroxylation sites is 1. The van der Waals surface area contributed by atoms with E-state index in [1.165, 1.54) is 6.08 Å². The predicted molar refractivity (Wildman–Crippen MR) is 105 cm³/mol. The molecule has 142 valence electrons. The summed E-state index contributed by atoms with van der Waals surface area (Å²) in [4.78, 5) is 12.5. The lowest BCUT2D eigenvalue weighted by Gasteiger charge is -2.37. The average Bonchev–Trinajstić information content (AvgIpc) is 2.65. The monoisotopic (exact) mass is 367 g/mol. The van der Waals surface area contributed by atoms with Crippen molar-refractivity contribution in [2.45, 2.75) is 31.9 Å². The standard InChI is InChI=1S/C22H25NO4/c1-22(2)14-18(17-11-10-16(25-3)13-20(17)27-22)23-21(24)12-9-15-7-5-6-8-19(15)26-4/h5-13,18H,14H2,1-4H3,(H,23,24)/b12-9+/t18-/m1/s1. The zero-order chi connectivity index (χ0) is 19.4. The Hall–Kier alpha value is -2.95. The highest BCUT2D eigenvalue weighted by Crippen LogP contribution is 2.41. The first-order chi connectivity index (χ1) is 12.9. The summed E-state index contributed by atoms with van der Waals surface area (Å²) in [5.41, 5.74) is 1.42. The predicted octanol–water partition coefficient (Wildman–Crippen LogP) is 4.14. The maximum atomic E-state index is 12.5. The Kier molecular flexibility index (Phi) is 5.40. The number of benzene rings is 2. The third-order valence-electron chi connectivity index (χ3n) is 4.55. The molecule has 0 spiro atoms. The minimum atomic E-state index is -0.385. The van der Waals surface area contributed by atoms with Crippen LogP contribution in [0.5, 0.6) is 17.2 Å². The zero-order valence-electron chi connectivity index (χ0n) is 16.1. The molecule has 0 unspecified atom stereocenters. The van der Waals surface area contributed by atoms with Gasteiger partial charge in [0.25, 0.3) is 0 Å². The van der Waals surface area contributed by atoms with Crippen LogP contribution in [0.25, 0.3) is 6.08 Å². The topological polar surface area (TPSA) is 56.8 Å². The quantitative estimate of drug-likeness (QED) is 0.807. The van der Waals surface area contributed by atoms with Gasteiger partial charge in [0.05, 0.1) is 20.3 Å². The van der Waals surface area contributed by atoms with Crippen LogP contribution in [0.1, 0.15) is 37.4 Å². The number of hydrogen-bond donors (Lipinski definition) is 1. The van der Waals surface area contributed by atoms with Gasteiger partial charge in [0, 0.05) is 29.7 Å². The van der Waals surface area contributed by atoms with Crippen molar-refractivity contribution >= 4 is 12.0 Å². The van der Waals surface area contributed by atoms with E-state index in [9.17, 15) is 4.79 Å². The van der Waals surface area contributed by atoms with Gasteiger partial charge in [-0.1, -0.05) is 18.2 Å². The molecule has 0 radical (unpaired) electrons. The van der Waals surface area contributed by atoms with Gasteiger partial charge in [-0.25, -0.2) is 0 Å². The van der Waals surface area contributed by atoms with Crippen molar-refractivity contribution in [3.05, 3.63) is 59.7 Å². The molecule has 1 aliphatic rings. The summed E-state index contributed by atoms with van der Waals surface area (Å²) < 4.78 is 16.7. The molecule has 0 bridgehead atoms. The molecule has 1 amide bonds. The first-order valence-electron chi connectivity index (χ1n) is 8.90. The highest BCUT2D eigenvalue weighted by molar-refractivity contribution is 5.92. The molecule has 0 saturated heterocycles. The summed E-state index contributed by atoms with van der Waals surface area (Å²) in [5.74, 6) is 2.04. The minimum absolute atomic E-state index is 0.135. The maximum absolute atomic E-state index is 12.5. The Morgan fingerprint density at radius 2 is 1.96 bits per heavy atom. The lowest BCUT2D eigenvalue weighted by molar-refractivity contribution is -0.117. The number of methoxy groups -OCH3 is 2. The molecular formula is C22H25NO4. The van der Waals surface area contributed by atoms with E-state index in [0.717, 1.165) is 28.4 Å². The SMILES string of the molecule is COc1ccc2c(c1)OC(C)(C)C[C@H]2NC(=O)/C=C/c1ccccc1OC. The van der Waals surface area contributed by atoms with Gasteiger partial charge in [0.1, 0.15) is 22.8 Å². The van der Waals surface area contributed by atoms with Crippen molar-refractivity contribution in [2.24, 2.45) is 0 Å². The summed E-state index contributed by atoms with van der Waals surface area (Å²) in [6, 6.07) is 13.1. The molecule has 0 fully saturated rings. The smallest absolute Gasteiger partial charge is 0.244 e. The molecule has 2 aromatic carbocycles. The molecule has 5 nitrogen and oxygen atoms in total. The molecular weight excluding hydrogens is 342 g/mol. The van der Waals surface area contributed by atoms with E-state index in [-0.39, 0.29) is 17.6 Å². The fourth-order valence-electron chi connectivity index (χ4n) is 3.28. The molecule has 3 rings (SSSR count). The number of amides is 1. The third-order valence-corrected chi connectivity index (χ3v) is 4.55. The molecule has 1 heterocycles. The van der Waals surface area contributed by atoms with Crippen LogP contribution in [-0.2, 0) is 4.79 Å². The van der Waals surface area contributed by atoms with Gasteiger partial charge in [-0.05, 0) is 38.1 Å². The van der Waals surface area contributed by atoms with Crippen LogP contribution in [0, 0.1) is 0 Å². The molecule has 0 saturated carbocycles. The first-order valence-corrected chi connectivity index (χ1v) is 8.90. The Labute approximate surface area is 159 Å². The van der Waals surface area contributed by atoms with Gasteiger partial charge in [0.2, 0.25) is 5.91 Å². The summed E-state index contributed by atoms with van der Waals surface area (Å²) >= 11 is 0. The fourth-order valence-corrected chi connectivity index (χ4v) is 3.28. The van der Waals surface area contributed by atoms with Crippen LogP contribution >= 0.6 is 0 Å². The fraction of sp³-hybridized carbons (Fsp3) is 0.318. The Bertz CT molecular complexity index is 857. The van der Waals surface area contributed by atoms with Crippen LogP contribution in [0.2, 0.25) is 0 Å². The van der Waals surface area contributed by atoms with E-state index >= 15 is 0 Å². The van der Waals surface area contributed by atoms with E-state index in [1.54, 1.807) is 20.3 Å². The second-order valence-electron chi connectivity index (χ2n) is 7.11. The van der Waals surface area contributed by atoms with Gasteiger partial charge in [-0.2, -0.15) is 0 Å². The highest BCUT2D eigenvalue weighted by Gasteiger charge is 2.34. The molecule has 1 N–H and O–H groups in total. The lowest BCUT2D eigenvalue weighted by atomic mass is 9.89. The van der Waals surface area contributed by atoms with Crippen molar-refractivity contribution < 1.29 is 19.0 Å². The summed E-state index contributed by atoms with van der Waals surface area (Å²) in [6.45, 7) is 4.03. The number of hydrogen-bond acceptors (Lipinski definition) is 4. The zero-order valence-corrected chi connectivity index (χ0v) is 16.1. The van der Waals surface area contributed by atoms with Crippen LogP contribution in [0.15, 0.2) is 48.5 Å². The lowest BCUT2D eigenvalue weighted by Crippen LogP contribution is -2.40. The Morgan fingerprint density at radius 3 is 2.70 bits per heavy atom. The van der Waals surface area contributed by atoms with E-state index in [0.29, 0.717) is 6.42 Å². The van der Waals surface area contributed by atoms with Crippen molar-refractivity contribution in [3.63, 3.8) is 0 Å². The van der Waals surface area contributed by atoms with Crippen molar-refractivity contribution in [2.75, 3.05) is 14.2 Å². The molecule has 1 aliphatic heterocycles. The van der Waals surface area contributed by atoms with E-state index in [2.05, 4.69) is 5.32 Å². The normalized spacial score (nSPS) is 17.7. The van der Waals surface area contributed by atoms with E-state index in [4.69, 9.17) is 14.2 Å². The van der Waals surface area contributed by atoms with E-state index in [1.807, 2.05) is 56.3 Å². The summed E-state index contributed by atoms with van der Waals surface area (Å²) in [7, 11) is 3.24. The van der Waals surface area contributed by atoms with Gasteiger partial charge in [0.15, 0.2) is 0 Å². The van der Waals surface area contributed by atoms with Crippen molar-refractivity contribution in [1.82, 2.24) is 5.32 Å². The van der Waals surface area contributed by atoms with Gasteiger partial charge >= 0.3 is 0 Å². The number of fused-ring (bicyclic) bond motifs is 1. The second-order valence-corrected chi connectivity index (χ2v) is 7.11. The van der Waals surface area contributed by atoms with Crippen LogP contribution < -0.4 is 19.5 Å². The van der Waals surface area contributed by atoms with Crippen LogP contribution in [0.4, 0.5) is 0 Å². The molecule has 2 aromatic rings. The van der Waals surface area contributed by atoms with Gasteiger partial charge < -0.3 is 19.5 Å². The minimum Gasteiger partial charge on any atom is -0.497 e. The Morgan fingerprint density at radius 1 is 1.19 bits per heavy atom. The van der Waals surface area contributed by atoms with Gasteiger partial charge in [-0.15, -0.1) is 0 Å². The van der Waals surface area contributed by atoms with Crippen molar-refractivity contribution in [3.8, 4) is 17.2 Å². The molecule has 5 heteroatoms. The van der Waals surface area contributed by atoms with Gasteiger partial charge in [-0.3, -0.25) is 4.79 Å². The molecule has 27 heavy (non-hydrogen) atoms. The highest BCUT2D eigenvalue weighted by atomic mass is 16.5. The number of nitrogens with one attached hydrogen (secondary N) is 1. The molecule has 0 aromatic heterocycles. The molecule has 0 aliphatic carbocycles. The Balaban J connectivity index is 1.78.